The van der Waals surface area contributed by atoms with Crippen molar-refractivity contribution < 1.29 is 37.3 Å². The standard InChI is InChI=1S/C69H125N2O7P/c1-7-10-13-16-19-22-25-28-30-32-33-34-35-36-37-39-41-44-47-50-53-56-59-62-69(73)78-67(60-57-54-51-48-45-42-27-24-21-18-15-12-9-3)66(65-77-79(74,75)76-64-63-71(4,5)6)70-68(72)61-58-55-52-49-46-43-40-38-31-29-26-23-20-17-14-11-8-2/h19-20,22-23,28-31,33-34,40,43,57,60,66-67H,7-18,21,24-27,32,35-39,41-42,44-56,58-59,61-65H2,1-6H3,(H-,70,72,74,75)/b22-19-,23-20-,30-28-,31-29-,34-33-,43-40-,60-57-. The number of hydrogen-bond donors (Lipinski definition) is 1. The summed E-state index contributed by atoms with van der Waals surface area (Å²) in [4.78, 5) is 40.1. The smallest absolute Gasteiger partial charge is 0.306 e. The number of hydrogen-bond acceptors (Lipinski definition) is 7. The number of carbonyl (C=O) groups is 2. The number of nitrogens with one attached hydrogen (secondary N) is 1. The van der Waals surface area contributed by atoms with Crippen molar-refractivity contribution in [1.82, 2.24) is 5.32 Å². The van der Waals surface area contributed by atoms with Gasteiger partial charge in [-0.2, -0.15) is 0 Å². The van der Waals surface area contributed by atoms with Gasteiger partial charge in [0, 0.05) is 12.8 Å². The zero-order valence-corrected chi connectivity index (χ0v) is 53.2. The lowest BCUT2D eigenvalue weighted by Gasteiger charge is -2.30. The SMILES string of the molecule is CCCCC/C=C\C/C=C\C/C=C\CCCCCCCCCCCCC(=O)OC(/C=C\CCCCCCCCCCCCC)C(COP(=O)([O-])OCC[N+](C)(C)C)NC(=O)CCCCCC/C=C\C/C=C\C/C=C\CCCCC. The molecule has 0 fully saturated rings. The Morgan fingerprint density at radius 2 is 0.772 bits per heavy atom. The summed E-state index contributed by atoms with van der Waals surface area (Å²) in [5, 5.41) is 3.02. The average molecular weight is 1130 g/mol. The molecule has 0 aliphatic heterocycles. The van der Waals surface area contributed by atoms with Crippen molar-refractivity contribution in [1.29, 1.82) is 0 Å². The van der Waals surface area contributed by atoms with Crippen molar-refractivity contribution in [2.75, 3.05) is 40.9 Å². The van der Waals surface area contributed by atoms with Gasteiger partial charge in [0.1, 0.15) is 19.3 Å². The average Bonchev–Trinajstić information content (AvgIpc) is 3.41. The first-order valence-electron chi connectivity index (χ1n) is 32.9. The number of likely N-dealkylation sites (N-methyl/N-ethyl adjacent to an activating group) is 1. The first kappa shape index (κ1) is 76.2. The molecule has 0 aliphatic carbocycles. The Morgan fingerprint density at radius 1 is 0.443 bits per heavy atom. The molecular formula is C69H125N2O7P. The number of amides is 1. The number of unbranched alkanes of at least 4 members (excludes halogenated alkanes) is 31. The van der Waals surface area contributed by atoms with E-state index < -0.39 is 26.6 Å². The number of ether oxygens (including phenoxy) is 1. The Kier molecular flexibility index (Phi) is 56.3. The van der Waals surface area contributed by atoms with Crippen LogP contribution in [0.25, 0.3) is 0 Å². The molecule has 0 radical (unpaired) electrons. The van der Waals surface area contributed by atoms with E-state index in [0.717, 1.165) is 103 Å². The van der Waals surface area contributed by atoms with Gasteiger partial charge in [0.2, 0.25) is 5.91 Å². The third-order valence-electron chi connectivity index (χ3n) is 14.3. The van der Waals surface area contributed by atoms with Crippen LogP contribution in [-0.2, 0) is 27.9 Å². The summed E-state index contributed by atoms with van der Waals surface area (Å²) in [7, 11) is 1.16. The maximum atomic E-state index is 13.5. The van der Waals surface area contributed by atoms with Crippen LogP contribution in [0.5, 0.6) is 0 Å². The fourth-order valence-corrected chi connectivity index (χ4v) is 9.91. The van der Waals surface area contributed by atoms with Gasteiger partial charge in [-0.15, -0.1) is 0 Å². The molecule has 1 amide bonds. The number of esters is 1. The molecule has 0 saturated heterocycles. The van der Waals surface area contributed by atoms with E-state index in [-0.39, 0.29) is 31.3 Å². The van der Waals surface area contributed by atoms with Crippen LogP contribution in [-0.4, -0.2) is 69.4 Å². The van der Waals surface area contributed by atoms with Crippen molar-refractivity contribution in [2.24, 2.45) is 0 Å². The molecule has 0 aromatic heterocycles. The third kappa shape index (κ3) is 59.6. The second-order valence-corrected chi connectivity index (χ2v) is 24.7. The van der Waals surface area contributed by atoms with Gasteiger partial charge in [-0.1, -0.05) is 254 Å². The summed E-state index contributed by atoms with van der Waals surface area (Å²) >= 11 is 0. The normalized spacial score (nSPS) is 14.2. The highest BCUT2D eigenvalue weighted by Gasteiger charge is 2.27. The molecule has 3 atom stereocenters. The number of quaternary nitrogens is 1. The molecule has 0 heterocycles. The number of phosphoric ester groups is 1. The molecule has 10 heteroatoms. The van der Waals surface area contributed by atoms with Crippen LogP contribution in [0.2, 0.25) is 0 Å². The first-order chi connectivity index (χ1) is 38.4. The highest BCUT2D eigenvalue weighted by atomic mass is 31.2. The van der Waals surface area contributed by atoms with Crippen molar-refractivity contribution in [2.45, 2.75) is 303 Å². The first-order valence-corrected chi connectivity index (χ1v) is 34.4. The monoisotopic (exact) mass is 1120 g/mol. The van der Waals surface area contributed by atoms with Gasteiger partial charge in [0.25, 0.3) is 7.82 Å². The topological polar surface area (TPSA) is 114 Å². The lowest BCUT2D eigenvalue weighted by atomic mass is 10.0. The molecule has 0 rings (SSSR count). The summed E-state index contributed by atoms with van der Waals surface area (Å²) in [5.74, 6) is -0.568. The van der Waals surface area contributed by atoms with E-state index in [0.29, 0.717) is 17.4 Å². The summed E-state index contributed by atoms with van der Waals surface area (Å²) < 4.78 is 30.4. The minimum absolute atomic E-state index is 0.0304. The van der Waals surface area contributed by atoms with Gasteiger partial charge in [0.05, 0.1) is 33.8 Å². The van der Waals surface area contributed by atoms with E-state index in [2.05, 4.69) is 99.0 Å². The summed E-state index contributed by atoms with van der Waals surface area (Å²) in [6.45, 7) is 6.78. The molecular weight excluding hydrogens is 1000 g/mol. The largest absolute Gasteiger partial charge is 0.756 e. The van der Waals surface area contributed by atoms with Crippen LogP contribution in [0.4, 0.5) is 0 Å². The van der Waals surface area contributed by atoms with Gasteiger partial charge in [-0.25, -0.2) is 0 Å². The molecule has 0 saturated carbocycles. The van der Waals surface area contributed by atoms with E-state index in [9.17, 15) is 19.0 Å². The fraction of sp³-hybridized carbons (Fsp3) is 0.768. The lowest BCUT2D eigenvalue weighted by Crippen LogP contribution is -2.47. The highest BCUT2D eigenvalue weighted by Crippen LogP contribution is 2.38. The van der Waals surface area contributed by atoms with Crippen molar-refractivity contribution in [3.63, 3.8) is 0 Å². The Labute approximate surface area is 488 Å². The number of allylic oxidation sites excluding steroid dienone is 13. The molecule has 9 nitrogen and oxygen atoms in total. The molecule has 3 unspecified atom stereocenters. The van der Waals surface area contributed by atoms with Gasteiger partial charge in [-0.05, 0) is 109 Å². The Balaban J connectivity index is 5.24. The quantitative estimate of drug-likeness (QED) is 0.0212. The second kappa shape index (κ2) is 58.4. The summed E-state index contributed by atoms with van der Waals surface area (Å²) in [5.41, 5.74) is 0. The van der Waals surface area contributed by atoms with Crippen LogP contribution in [0.3, 0.4) is 0 Å². The maximum Gasteiger partial charge on any atom is 0.306 e. The van der Waals surface area contributed by atoms with Crippen LogP contribution in [0.1, 0.15) is 290 Å². The zero-order valence-electron chi connectivity index (χ0n) is 52.3. The highest BCUT2D eigenvalue weighted by molar-refractivity contribution is 7.45. The molecule has 0 aromatic rings. The molecule has 458 valence electrons. The zero-order chi connectivity index (χ0) is 57.9. The van der Waals surface area contributed by atoms with Gasteiger partial charge >= 0.3 is 5.97 Å². The maximum absolute atomic E-state index is 13.5. The second-order valence-electron chi connectivity index (χ2n) is 23.3. The summed E-state index contributed by atoms with van der Waals surface area (Å²) in [6, 6.07) is -0.906. The van der Waals surface area contributed by atoms with Crippen LogP contribution in [0.15, 0.2) is 85.1 Å². The van der Waals surface area contributed by atoms with E-state index >= 15 is 0 Å². The van der Waals surface area contributed by atoms with E-state index in [1.165, 1.54) is 148 Å². The number of carbonyl (C=O) groups excluding carboxylic acids is 2. The van der Waals surface area contributed by atoms with Gasteiger partial charge in [-0.3, -0.25) is 14.2 Å². The Hall–Kier alpha value is -2.81. The predicted octanol–water partition coefficient (Wildman–Crippen LogP) is 19.9. The van der Waals surface area contributed by atoms with Crippen molar-refractivity contribution in [3.05, 3.63) is 85.1 Å². The molecule has 0 aliphatic rings. The fourth-order valence-electron chi connectivity index (χ4n) is 9.18. The molecule has 79 heavy (non-hydrogen) atoms. The molecule has 0 spiro atoms. The van der Waals surface area contributed by atoms with Crippen molar-refractivity contribution >= 4 is 19.7 Å². The Bertz CT molecular complexity index is 1630. The molecule has 0 bridgehead atoms. The van der Waals surface area contributed by atoms with Gasteiger partial charge in [0.15, 0.2) is 0 Å². The van der Waals surface area contributed by atoms with Gasteiger partial charge < -0.3 is 28.5 Å². The van der Waals surface area contributed by atoms with Crippen LogP contribution >= 0.6 is 7.82 Å². The van der Waals surface area contributed by atoms with E-state index in [4.69, 9.17) is 13.8 Å². The van der Waals surface area contributed by atoms with E-state index in [1.54, 1.807) is 0 Å². The summed E-state index contributed by atoms with van der Waals surface area (Å²) in [6.07, 6.45) is 76.9. The van der Waals surface area contributed by atoms with Crippen molar-refractivity contribution in [3.8, 4) is 0 Å². The van der Waals surface area contributed by atoms with E-state index in [1.807, 2.05) is 33.3 Å². The third-order valence-corrected chi connectivity index (χ3v) is 15.3. The Morgan fingerprint density at radius 3 is 1.18 bits per heavy atom. The van der Waals surface area contributed by atoms with Crippen LogP contribution < -0.4 is 10.2 Å². The molecule has 0 aromatic carbocycles. The van der Waals surface area contributed by atoms with Crippen LogP contribution in [0, 0.1) is 0 Å². The number of nitrogens with zero attached hydrogens (tertiary/aromatic N) is 1. The number of rotatable bonds is 59. The predicted molar refractivity (Wildman–Crippen MR) is 339 cm³/mol. The minimum atomic E-state index is -4.71. The minimum Gasteiger partial charge on any atom is -0.756 e. The molecule has 1 N–H and O–H groups in total. The lowest BCUT2D eigenvalue weighted by molar-refractivity contribution is -0.870. The number of phosphoric acid groups is 1.